The highest BCUT2D eigenvalue weighted by Gasteiger charge is 2.33. The van der Waals surface area contributed by atoms with E-state index < -0.39 is 102 Å². The van der Waals surface area contributed by atoms with Gasteiger partial charge in [0.2, 0.25) is 31.9 Å². The number of carbonyl (C=O) groups excluding carboxylic acids is 4. The van der Waals surface area contributed by atoms with Crippen LogP contribution in [0.1, 0.15) is 108 Å². The Morgan fingerprint density at radius 1 is 0.630 bits per heavy atom. The van der Waals surface area contributed by atoms with E-state index in [9.17, 15) is 68.5 Å². The molecule has 2 saturated heterocycles. The summed E-state index contributed by atoms with van der Waals surface area (Å²) in [5.41, 5.74) is 0.485. The van der Waals surface area contributed by atoms with Crippen LogP contribution in [0, 0.1) is 63.6 Å². The van der Waals surface area contributed by atoms with Gasteiger partial charge in [-0.05, 0) is 82.7 Å². The van der Waals surface area contributed by atoms with E-state index in [0.29, 0.717) is 80.0 Å². The number of esters is 2. The van der Waals surface area contributed by atoms with Gasteiger partial charge in [0.1, 0.15) is 47.0 Å². The minimum atomic E-state index is -4.51. The summed E-state index contributed by atoms with van der Waals surface area (Å²) >= 11 is 0. The van der Waals surface area contributed by atoms with Crippen LogP contribution in [0.4, 0.5) is 33.6 Å². The average molecular weight is 1060 g/mol. The number of pyridine rings is 2. The number of nitrogens with zero attached hydrogens (tertiary/aromatic N) is 6. The number of nitriles is 2. The minimum Gasteiger partial charge on any atom is -0.462 e. The number of halogens is 5. The predicted octanol–water partition coefficient (Wildman–Crippen LogP) is 5.81. The lowest BCUT2D eigenvalue weighted by Crippen LogP contribution is -2.43. The third-order valence-electron chi connectivity index (χ3n) is 11.7. The highest BCUT2D eigenvalue weighted by atomic mass is 32.2. The van der Waals surface area contributed by atoms with Gasteiger partial charge < -0.3 is 19.3 Å². The molecule has 2 fully saturated rings. The number of amides is 2. The molecule has 25 heteroatoms. The van der Waals surface area contributed by atoms with Gasteiger partial charge in [0.05, 0.1) is 52.6 Å². The van der Waals surface area contributed by atoms with Crippen LogP contribution in [-0.4, -0.2) is 89.9 Å². The van der Waals surface area contributed by atoms with Crippen molar-refractivity contribution in [2.75, 3.05) is 49.2 Å². The van der Waals surface area contributed by atoms with Gasteiger partial charge in [0.25, 0.3) is 0 Å². The number of sulfonamides is 2. The van der Waals surface area contributed by atoms with Crippen molar-refractivity contribution in [1.29, 1.82) is 10.5 Å². The summed E-state index contributed by atoms with van der Waals surface area (Å²) in [5, 5.41) is 19.2. The van der Waals surface area contributed by atoms with Crippen molar-refractivity contribution in [3.05, 3.63) is 116 Å². The molecule has 18 nitrogen and oxygen atoms in total. The van der Waals surface area contributed by atoms with E-state index in [1.807, 2.05) is 27.3 Å². The van der Waals surface area contributed by atoms with Crippen LogP contribution in [0.25, 0.3) is 0 Å². The lowest BCUT2D eigenvalue weighted by Gasteiger charge is -2.33. The maximum absolute atomic E-state index is 13.9. The summed E-state index contributed by atoms with van der Waals surface area (Å²) in [6.07, 6.45) is 1.85. The van der Waals surface area contributed by atoms with Crippen molar-refractivity contribution in [3.63, 3.8) is 0 Å². The predicted molar refractivity (Wildman–Crippen MR) is 253 cm³/mol. The van der Waals surface area contributed by atoms with Crippen molar-refractivity contribution in [2.45, 2.75) is 77.7 Å². The number of anilines is 2. The molecular weight excluding hydrogens is 1010 g/mol. The van der Waals surface area contributed by atoms with E-state index in [1.165, 1.54) is 12.1 Å². The molecule has 4 aromatic rings. The van der Waals surface area contributed by atoms with Crippen molar-refractivity contribution < 1.29 is 67.4 Å². The maximum Gasteiger partial charge on any atom is 0.340 e. The van der Waals surface area contributed by atoms with Crippen LogP contribution >= 0.6 is 0 Å². The summed E-state index contributed by atoms with van der Waals surface area (Å²) in [4.78, 5) is 62.3. The smallest absolute Gasteiger partial charge is 0.340 e. The summed E-state index contributed by atoms with van der Waals surface area (Å²) in [5.74, 6) is -11.5. The lowest BCUT2D eigenvalue weighted by molar-refractivity contribution is -0.124. The van der Waals surface area contributed by atoms with Gasteiger partial charge in [-0.1, -0.05) is 19.9 Å². The topological polar surface area (TPSA) is 259 Å². The number of aromatic nitrogens is 2. The quantitative estimate of drug-likeness (QED) is 0.0763. The van der Waals surface area contributed by atoms with E-state index in [1.54, 1.807) is 25.7 Å². The molecule has 73 heavy (non-hydrogen) atoms. The second kappa shape index (κ2) is 24.9. The first-order chi connectivity index (χ1) is 34.6. The molecule has 6 rings (SSSR count). The zero-order chi connectivity index (χ0) is 53.8. The number of carbonyl (C=O) groups is 4. The van der Waals surface area contributed by atoms with Gasteiger partial charge in [-0.15, -0.1) is 0 Å². The molecule has 2 aromatic carbocycles. The van der Waals surface area contributed by atoms with E-state index >= 15 is 0 Å². The van der Waals surface area contributed by atoms with Gasteiger partial charge in [-0.25, -0.2) is 58.3 Å². The number of rotatable bonds is 16. The summed E-state index contributed by atoms with van der Waals surface area (Å²) in [6, 6.07) is 10.6. The first-order valence-electron chi connectivity index (χ1n) is 23.0. The van der Waals surface area contributed by atoms with E-state index in [4.69, 9.17) is 9.47 Å². The molecule has 0 spiro atoms. The van der Waals surface area contributed by atoms with Gasteiger partial charge in [-0.3, -0.25) is 19.0 Å². The number of nitrogens with one attached hydrogen (secondary N) is 2. The molecule has 4 heterocycles. The van der Waals surface area contributed by atoms with Crippen LogP contribution in [0.5, 0.6) is 0 Å². The number of hydrogen-bond acceptors (Lipinski definition) is 16. The minimum absolute atomic E-state index is 0.157. The molecule has 2 N–H and O–H groups in total. The molecule has 0 atom stereocenters. The van der Waals surface area contributed by atoms with Crippen LogP contribution < -0.4 is 19.2 Å². The zero-order valence-corrected chi connectivity index (χ0v) is 41.7. The van der Waals surface area contributed by atoms with E-state index in [2.05, 4.69) is 16.0 Å². The van der Waals surface area contributed by atoms with Crippen LogP contribution in [0.15, 0.2) is 42.5 Å². The average Bonchev–Trinajstić information content (AvgIpc) is 3.36. The fourth-order valence-corrected chi connectivity index (χ4v) is 10.4. The van der Waals surface area contributed by atoms with Gasteiger partial charge in [-0.2, -0.15) is 10.5 Å². The Kier molecular flexibility index (Phi) is 19.3. The fraction of sp³-hybridized carbons (Fsp3) is 0.417. The van der Waals surface area contributed by atoms with E-state index in [-0.39, 0.29) is 67.0 Å². The lowest BCUT2D eigenvalue weighted by atomic mass is 9.96. The molecule has 0 saturated carbocycles. The zero-order valence-electron chi connectivity index (χ0n) is 40.1. The second-order valence-corrected chi connectivity index (χ2v) is 20.1. The molecule has 2 aromatic heterocycles. The highest BCUT2D eigenvalue weighted by molar-refractivity contribution is 7.89. The SMILES string of the molecule is CCOC(=O)c1cc(C#N)c(N2CCC(C(=O)NS(=O)(=O)Cc3c(F)ccc(F)c3F)CC2)nc1CC.CCOC(=O)c1cc(C#N)c(N2CCC(C(=O)NS(=O)(=O)Cc3ccc(F)cc3F)CC2)nc1CC. The second-order valence-electron chi connectivity index (χ2n) is 16.6. The fourth-order valence-electron chi connectivity index (χ4n) is 8.02. The summed E-state index contributed by atoms with van der Waals surface area (Å²) < 4.78 is 131. The third-order valence-corrected chi connectivity index (χ3v) is 14.1. The summed E-state index contributed by atoms with van der Waals surface area (Å²) in [7, 11) is -8.70. The molecular formula is C48H51F5N8O10S2. The molecule has 0 radical (unpaired) electrons. The number of benzene rings is 2. The normalized spacial score (nSPS) is 14.2. The van der Waals surface area contributed by atoms with Crippen LogP contribution in [-0.2, 0) is 63.5 Å². The number of ether oxygens (including phenoxy) is 2. The molecule has 2 aliphatic rings. The maximum atomic E-state index is 13.9. The molecule has 0 unspecified atom stereocenters. The highest BCUT2D eigenvalue weighted by Crippen LogP contribution is 2.30. The Labute approximate surface area is 418 Å². The number of piperidine rings is 2. The Hall–Kier alpha value is -7.25. The van der Waals surface area contributed by atoms with Crippen molar-refractivity contribution >= 4 is 55.4 Å². The Balaban J connectivity index is 0.000000271. The standard InChI is InChI=1S/C24H25F3N4O5S.C24H26F2N4O5S/c1-3-20-16(24(33)36-4-2)11-15(12-28)22(29-20)31-9-7-14(8-10-31)23(32)30-37(34,35)13-17-18(25)5-6-19(26)21(17)27;1-3-21-19(24(32)35-4-2)11-17(13-27)22(28-21)30-9-7-15(8-10-30)23(31)29-36(33,34)14-16-5-6-18(25)12-20(16)26/h5-6,11,14H,3-4,7-10,13H2,1-2H3,(H,30,32);5-6,11-12,15H,3-4,7-10,14H2,1-2H3,(H,29,31). The Morgan fingerprint density at radius 3 is 1.45 bits per heavy atom. The Morgan fingerprint density at radius 2 is 1.05 bits per heavy atom. The summed E-state index contributed by atoms with van der Waals surface area (Å²) in [6.45, 7) is 8.52. The number of aryl methyl sites for hydroxylation is 2. The molecule has 0 bridgehead atoms. The largest absolute Gasteiger partial charge is 0.462 e. The van der Waals surface area contributed by atoms with Crippen LogP contribution in [0.2, 0.25) is 0 Å². The molecule has 0 aliphatic carbocycles. The van der Waals surface area contributed by atoms with Crippen molar-refractivity contribution in [1.82, 2.24) is 19.4 Å². The first kappa shape index (κ1) is 56.7. The molecule has 2 aliphatic heterocycles. The number of hydrogen-bond donors (Lipinski definition) is 2. The monoisotopic (exact) mass is 1060 g/mol. The van der Waals surface area contributed by atoms with Crippen molar-refractivity contribution in [3.8, 4) is 12.1 Å². The van der Waals surface area contributed by atoms with Gasteiger partial charge in [0, 0.05) is 55.2 Å². The van der Waals surface area contributed by atoms with Gasteiger partial charge >= 0.3 is 11.9 Å². The molecule has 390 valence electrons. The first-order valence-corrected chi connectivity index (χ1v) is 26.3. The van der Waals surface area contributed by atoms with Crippen molar-refractivity contribution in [2.24, 2.45) is 11.8 Å². The molecule has 2 amide bonds. The third kappa shape index (κ3) is 14.5. The Bertz CT molecular complexity index is 3060. The van der Waals surface area contributed by atoms with E-state index in [0.717, 1.165) is 12.1 Å². The van der Waals surface area contributed by atoms with Crippen LogP contribution in [0.3, 0.4) is 0 Å². The van der Waals surface area contributed by atoms with Gasteiger partial charge in [0.15, 0.2) is 11.6 Å².